The maximum atomic E-state index is 13.0. The minimum atomic E-state index is -3.16. The Morgan fingerprint density at radius 1 is 1.17 bits per heavy atom. The van der Waals surface area contributed by atoms with Crippen molar-refractivity contribution < 1.29 is 13.2 Å². The van der Waals surface area contributed by atoms with Gasteiger partial charge in [-0.15, -0.1) is 0 Å². The summed E-state index contributed by atoms with van der Waals surface area (Å²) < 4.78 is 34.1. The van der Waals surface area contributed by atoms with E-state index in [-0.39, 0.29) is 30.0 Å². The second-order valence-corrected chi connectivity index (χ2v) is 10.6. The molecule has 11 heteroatoms. The van der Waals surface area contributed by atoms with E-state index in [1.165, 1.54) is 10.6 Å². The summed E-state index contributed by atoms with van der Waals surface area (Å²) in [4.78, 5) is 22.1. The molecule has 4 rings (SSSR count). The average Bonchev–Trinajstić information content (AvgIpc) is 2.91. The van der Waals surface area contributed by atoms with Crippen molar-refractivity contribution in [2.75, 3.05) is 24.7 Å². The van der Waals surface area contributed by atoms with E-state index in [2.05, 4.69) is 10.3 Å². The molecule has 0 aromatic carbocycles. The first kappa shape index (κ1) is 21.3. The van der Waals surface area contributed by atoms with Crippen LogP contribution in [0.4, 0.5) is 5.95 Å². The number of piperidine rings is 1. The number of nitrogens with zero attached hydrogens (tertiary/aromatic N) is 5. The van der Waals surface area contributed by atoms with Crippen LogP contribution in [0.2, 0.25) is 0 Å². The van der Waals surface area contributed by atoms with Crippen molar-refractivity contribution >= 4 is 27.1 Å². The van der Waals surface area contributed by atoms with E-state index >= 15 is 0 Å². The molecule has 0 aliphatic carbocycles. The van der Waals surface area contributed by atoms with Crippen molar-refractivity contribution in [3.05, 3.63) is 16.7 Å². The van der Waals surface area contributed by atoms with Gasteiger partial charge in [-0.2, -0.15) is 4.98 Å². The minimum Gasteiger partial charge on any atom is -0.375 e. The SMILES string of the molecule is CC1CC(n2c(=O)n(C)c3cnc(NC4CCN(S(C)(=O)=O)CC4)nc32)CC(C)O1. The van der Waals surface area contributed by atoms with Gasteiger partial charge in [-0.1, -0.05) is 0 Å². The Labute approximate surface area is 176 Å². The molecule has 0 amide bonds. The largest absolute Gasteiger partial charge is 0.375 e. The number of sulfonamides is 1. The smallest absolute Gasteiger partial charge is 0.330 e. The Bertz CT molecular complexity index is 1080. The van der Waals surface area contributed by atoms with Gasteiger partial charge in [0.2, 0.25) is 16.0 Å². The van der Waals surface area contributed by atoms with Gasteiger partial charge >= 0.3 is 5.69 Å². The maximum Gasteiger partial charge on any atom is 0.330 e. The van der Waals surface area contributed by atoms with Gasteiger partial charge in [-0.3, -0.25) is 9.13 Å². The number of aromatic nitrogens is 4. The maximum absolute atomic E-state index is 13.0. The zero-order valence-electron chi connectivity index (χ0n) is 17.9. The van der Waals surface area contributed by atoms with Gasteiger partial charge in [0.25, 0.3) is 0 Å². The molecule has 2 saturated heterocycles. The third-order valence-electron chi connectivity index (χ3n) is 6.13. The molecular weight excluding hydrogens is 408 g/mol. The van der Waals surface area contributed by atoms with Gasteiger partial charge in [0.05, 0.1) is 24.7 Å². The predicted molar refractivity (Wildman–Crippen MR) is 114 cm³/mol. The van der Waals surface area contributed by atoms with Crippen LogP contribution >= 0.6 is 0 Å². The van der Waals surface area contributed by atoms with Crippen LogP contribution in [0, 0.1) is 0 Å². The normalized spacial score (nSPS) is 26.9. The highest BCUT2D eigenvalue weighted by atomic mass is 32.2. The van der Waals surface area contributed by atoms with E-state index in [4.69, 9.17) is 9.72 Å². The second-order valence-electron chi connectivity index (χ2n) is 8.58. The molecule has 30 heavy (non-hydrogen) atoms. The van der Waals surface area contributed by atoms with Crippen molar-refractivity contribution in [1.82, 2.24) is 23.4 Å². The van der Waals surface area contributed by atoms with Crippen LogP contribution < -0.4 is 11.0 Å². The quantitative estimate of drug-likeness (QED) is 0.761. The summed E-state index contributed by atoms with van der Waals surface area (Å²) in [6, 6.07) is 0.119. The summed E-state index contributed by atoms with van der Waals surface area (Å²) in [5.74, 6) is 0.466. The highest BCUT2D eigenvalue weighted by molar-refractivity contribution is 7.88. The Kier molecular flexibility index (Phi) is 5.62. The molecule has 2 aliphatic heterocycles. The molecule has 2 aromatic heterocycles. The molecule has 0 spiro atoms. The molecule has 0 bridgehead atoms. The Morgan fingerprint density at radius 2 is 1.80 bits per heavy atom. The van der Waals surface area contributed by atoms with Gasteiger partial charge in [-0.25, -0.2) is 22.5 Å². The number of hydrogen-bond acceptors (Lipinski definition) is 7. The molecule has 166 valence electrons. The van der Waals surface area contributed by atoms with E-state index in [0.29, 0.717) is 43.0 Å². The second kappa shape index (κ2) is 7.93. The number of fused-ring (bicyclic) bond motifs is 1. The Balaban J connectivity index is 1.59. The molecular formula is C19H30N6O4S. The van der Waals surface area contributed by atoms with Gasteiger partial charge in [0, 0.05) is 32.2 Å². The molecule has 2 aromatic rings. The molecule has 2 atom stereocenters. The van der Waals surface area contributed by atoms with E-state index in [0.717, 1.165) is 12.8 Å². The van der Waals surface area contributed by atoms with E-state index < -0.39 is 10.0 Å². The number of hydrogen-bond donors (Lipinski definition) is 1. The number of nitrogens with one attached hydrogen (secondary N) is 1. The summed E-state index contributed by atoms with van der Waals surface area (Å²) in [5.41, 5.74) is 1.23. The van der Waals surface area contributed by atoms with Gasteiger partial charge in [0.1, 0.15) is 5.52 Å². The summed E-state index contributed by atoms with van der Waals surface area (Å²) in [5, 5.41) is 3.33. The van der Waals surface area contributed by atoms with Crippen LogP contribution in [0.15, 0.2) is 11.0 Å². The first-order valence-corrected chi connectivity index (χ1v) is 12.3. The highest BCUT2D eigenvalue weighted by Gasteiger charge is 2.30. The minimum absolute atomic E-state index is 0.0284. The number of imidazole rings is 1. The van der Waals surface area contributed by atoms with Crippen molar-refractivity contribution in [1.29, 1.82) is 0 Å². The number of aryl methyl sites for hydroxylation is 1. The standard InChI is InChI=1S/C19H30N6O4S/c1-12-9-15(10-13(2)29-12)25-17-16(23(3)19(25)26)11-20-18(22-17)21-14-5-7-24(8-6-14)30(4,27)28/h11-15H,5-10H2,1-4H3,(H,20,21,22). The summed E-state index contributed by atoms with van der Waals surface area (Å²) >= 11 is 0. The number of anilines is 1. The third kappa shape index (κ3) is 4.10. The lowest BCUT2D eigenvalue weighted by molar-refractivity contribution is -0.0487. The molecule has 1 N–H and O–H groups in total. The predicted octanol–water partition coefficient (Wildman–Crippen LogP) is 1.09. The summed E-state index contributed by atoms with van der Waals surface area (Å²) in [7, 11) is -1.42. The summed E-state index contributed by atoms with van der Waals surface area (Å²) in [6.45, 7) is 5.02. The van der Waals surface area contributed by atoms with Gasteiger partial charge < -0.3 is 10.1 Å². The van der Waals surface area contributed by atoms with Crippen molar-refractivity contribution in [3.63, 3.8) is 0 Å². The van der Waals surface area contributed by atoms with E-state index in [1.807, 2.05) is 13.8 Å². The van der Waals surface area contributed by atoms with Crippen LogP contribution in [-0.4, -0.2) is 69.4 Å². The molecule has 0 saturated carbocycles. The van der Waals surface area contributed by atoms with Crippen LogP contribution in [0.5, 0.6) is 0 Å². The first-order chi connectivity index (χ1) is 14.1. The monoisotopic (exact) mass is 438 g/mol. The summed E-state index contributed by atoms with van der Waals surface area (Å²) in [6.07, 6.45) is 5.99. The molecule has 10 nitrogen and oxygen atoms in total. The van der Waals surface area contributed by atoms with Crippen molar-refractivity contribution in [3.8, 4) is 0 Å². The Morgan fingerprint density at radius 3 is 2.40 bits per heavy atom. The fourth-order valence-electron chi connectivity index (χ4n) is 4.63. The fraction of sp³-hybridized carbons (Fsp3) is 0.737. The van der Waals surface area contributed by atoms with Crippen LogP contribution in [0.25, 0.3) is 11.2 Å². The molecule has 2 fully saturated rings. The fourth-order valence-corrected chi connectivity index (χ4v) is 5.50. The molecule has 4 heterocycles. The molecule has 2 unspecified atom stereocenters. The zero-order valence-corrected chi connectivity index (χ0v) is 18.7. The van der Waals surface area contributed by atoms with Crippen molar-refractivity contribution in [2.24, 2.45) is 7.05 Å². The van der Waals surface area contributed by atoms with Crippen molar-refractivity contribution in [2.45, 2.75) is 63.8 Å². The van der Waals surface area contributed by atoms with Gasteiger partial charge in [-0.05, 0) is 39.5 Å². The van der Waals surface area contributed by atoms with Crippen LogP contribution in [-0.2, 0) is 21.8 Å². The number of ether oxygens (including phenoxy) is 1. The zero-order chi connectivity index (χ0) is 21.6. The average molecular weight is 439 g/mol. The topological polar surface area (TPSA) is 111 Å². The molecule has 2 aliphatic rings. The van der Waals surface area contributed by atoms with E-state index in [1.54, 1.807) is 22.4 Å². The van der Waals surface area contributed by atoms with Crippen LogP contribution in [0.3, 0.4) is 0 Å². The molecule has 0 radical (unpaired) electrons. The van der Waals surface area contributed by atoms with Crippen LogP contribution in [0.1, 0.15) is 45.6 Å². The first-order valence-electron chi connectivity index (χ1n) is 10.4. The highest BCUT2D eigenvalue weighted by Crippen LogP contribution is 2.30. The lowest BCUT2D eigenvalue weighted by Gasteiger charge is -2.32. The number of rotatable bonds is 4. The lowest BCUT2D eigenvalue weighted by atomic mass is 10.00. The van der Waals surface area contributed by atoms with E-state index in [9.17, 15) is 13.2 Å². The lowest BCUT2D eigenvalue weighted by Crippen LogP contribution is -2.42. The Hall–Kier alpha value is -1.98. The third-order valence-corrected chi connectivity index (χ3v) is 7.43. The van der Waals surface area contributed by atoms with Gasteiger partial charge in [0.15, 0.2) is 5.65 Å².